The number of H-pyrrole nitrogens is 1. The molecule has 0 unspecified atom stereocenters. The normalized spacial score (nSPS) is 13.2. The molecule has 0 fully saturated rings. The van der Waals surface area contributed by atoms with Gasteiger partial charge in [-0.15, -0.1) is 0 Å². The lowest BCUT2D eigenvalue weighted by molar-refractivity contribution is -0.145. The molecule has 10 nitrogen and oxygen atoms in total. The molecule has 0 spiro atoms. The van der Waals surface area contributed by atoms with Gasteiger partial charge in [-0.1, -0.05) is 78.9 Å². The van der Waals surface area contributed by atoms with Gasteiger partial charge in [0.25, 0.3) is 0 Å². The number of rotatable bonds is 12. The molecule has 0 saturated carbocycles. The summed E-state index contributed by atoms with van der Waals surface area (Å²) < 4.78 is 10.4. The molecule has 4 N–H and O–H groups in total. The van der Waals surface area contributed by atoms with Crippen LogP contribution in [-0.4, -0.2) is 59.7 Å². The topological polar surface area (TPSA) is 139 Å². The summed E-state index contributed by atoms with van der Waals surface area (Å²) in [6.07, 6.45) is 1.52. The van der Waals surface area contributed by atoms with Gasteiger partial charge >= 0.3 is 12.1 Å². The highest BCUT2D eigenvalue weighted by Gasteiger charge is 2.31. The average Bonchev–Trinajstić information content (AvgIpc) is 3.42. The van der Waals surface area contributed by atoms with E-state index < -0.39 is 47.6 Å². The van der Waals surface area contributed by atoms with Crippen molar-refractivity contribution in [3.05, 3.63) is 108 Å². The maximum atomic E-state index is 13.8. The van der Waals surface area contributed by atoms with Crippen molar-refractivity contribution in [1.82, 2.24) is 20.9 Å². The van der Waals surface area contributed by atoms with Gasteiger partial charge in [0.15, 0.2) is 0 Å². The van der Waals surface area contributed by atoms with Gasteiger partial charge in [-0.05, 0) is 43.5 Å². The van der Waals surface area contributed by atoms with E-state index in [0.717, 1.165) is 27.6 Å². The minimum atomic E-state index is -1.08. The van der Waals surface area contributed by atoms with Crippen molar-refractivity contribution in [2.45, 2.75) is 63.8 Å². The lowest BCUT2D eigenvalue weighted by Crippen LogP contribution is -2.57. The molecule has 1 aromatic heterocycles. The number of nitrogens with one attached hydrogen (secondary N) is 4. The molecule has 3 aromatic carbocycles. The molecule has 0 bridgehead atoms. The second-order valence-corrected chi connectivity index (χ2v) is 11.8. The summed E-state index contributed by atoms with van der Waals surface area (Å²) in [7, 11) is 1.26. The number of amides is 3. The lowest BCUT2D eigenvalue weighted by Gasteiger charge is -2.26. The van der Waals surface area contributed by atoms with E-state index in [1.807, 2.05) is 84.9 Å². The van der Waals surface area contributed by atoms with Crippen LogP contribution in [0.4, 0.5) is 4.79 Å². The zero-order chi connectivity index (χ0) is 32.4. The number of hydrogen-bond acceptors (Lipinski definition) is 6. The lowest BCUT2D eigenvalue weighted by atomic mass is 10.0. The van der Waals surface area contributed by atoms with Gasteiger partial charge in [0.05, 0.1) is 7.11 Å². The maximum absolute atomic E-state index is 13.8. The van der Waals surface area contributed by atoms with Crippen LogP contribution in [0.25, 0.3) is 10.9 Å². The molecular formula is C35H40N4O6. The SMILES string of the molecule is COC(=O)[C@H](Cc1c[nH]c2ccccc12)NC(=O)[C@H](Cc1ccccc1)NC(=O)[C@H](Cc1ccccc1)NC(=O)OC(C)(C)C. The van der Waals surface area contributed by atoms with Crippen molar-refractivity contribution in [1.29, 1.82) is 0 Å². The summed E-state index contributed by atoms with van der Waals surface area (Å²) in [5.41, 5.74) is 2.56. The van der Waals surface area contributed by atoms with Crippen LogP contribution < -0.4 is 16.0 Å². The third-order valence-electron chi connectivity index (χ3n) is 7.11. The highest BCUT2D eigenvalue weighted by Crippen LogP contribution is 2.20. The fourth-order valence-corrected chi connectivity index (χ4v) is 4.97. The Kier molecular flexibility index (Phi) is 11.0. The molecule has 0 aliphatic carbocycles. The highest BCUT2D eigenvalue weighted by molar-refractivity contribution is 5.94. The molecule has 45 heavy (non-hydrogen) atoms. The van der Waals surface area contributed by atoms with Crippen LogP contribution in [0, 0.1) is 0 Å². The monoisotopic (exact) mass is 612 g/mol. The van der Waals surface area contributed by atoms with Crippen LogP contribution in [0.15, 0.2) is 91.1 Å². The van der Waals surface area contributed by atoms with Crippen LogP contribution >= 0.6 is 0 Å². The first-order valence-electron chi connectivity index (χ1n) is 14.8. The van der Waals surface area contributed by atoms with Gasteiger partial charge in [-0.25, -0.2) is 9.59 Å². The number of para-hydroxylation sites is 1. The van der Waals surface area contributed by atoms with E-state index in [2.05, 4.69) is 20.9 Å². The Morgan fingerprint density at radius 2 is 1.20 bits per heavy atom. The first kappa shape index (κ1) is 32.8. The number of benzene rings is 3. The van der Waals surface area contributed by atoms with E-state index in [0.29, 0.717) is 0 Å². The van der Waals surface area contributed by atoms with Crippen molar-refractivity contribution in [3.63, 3.8) is 0 Å². The fourth-order valence-electron chi connectivity index (χ4n) is 4.97. The van der Waals surface area contributed by atoms with E-state index in [9.17, 15) is 19.2 Å². The first-order valence-corrected chi connectivity index (χ1v) is 14.8. The van der Waals surface area contributed by atoms with E-state index in [1.54, 1.807) is 27.0 Å². The van der Waals surface area contributed by atoms with E-state index in [4.69, 9.17) is 9.47 Å². The summed E-state index contributed by atoms with van der Waals surface area (Å²) >= 11 is 0. The molecule has 0 radical (unpaired) electrons. The van der Waals surface area contributed by atoms with Crippen LogP contribution in [0.2, 0.25) is 0 Å². The smallest absolute Gasteiger partial charge is 0.408 e. The predicted octanol–water partition coefficient (Wildman–Crippen LogP) is 4.23. The van der Waals surface area contributed by atoms with Crippen LogP contribution in [-0.2, 0) is 43.1 Å². The average molecular weight is 613 g/mol. The second-order valence-electron chi connectivity index (χ2n) is 11.8. The summed E-state index contributed by atoms with van der Waals surface area (Å²) in [4.78, 5) is 56.4. The van der Waals surface area contributed by atoms with Crippen LogP contribution in [0.1, 0.15) is 37.5 Å². The molecule has 3 amide bonds. The Labute approximate surface area is 262 Å². The number of carbonyl (C=O) groups is 4. The molecule has 3 atom stereocenters. The third kappa shape index (κ3) is 9.69. The number of aromatic amines is 1. The Balaban J connectivity index is 1.57. The van der Waals surface area contributed by atoms with E-state index >= 15 is 0 Å². The van der Waals surface area contributed by atoms with Gasteiger partial charge in [-0.2, -0.15) is 0 Å². The summed E-state index contributed by atoms with van der Waals surface area (Å²) in [6.45, 7) is 5.19. The number of aromatic nitrogens is 1. The third-order valence-corrected chi connectivity index (χ3v) is 7.11. The summed E-state index contributed by atoms with van der Waals surface area (Å²) in [5, 5.41) is 9.21. The van der Waals surface area contributed by atoms with E-state index in [-0.39, 0.29) is 19.3 Å². The Morgan fingerprint density at radius 3 is 1.76 bits per heavy atom. The summed E-state index contributed by atoms with van der Waals surface area (Å²) in [6, 6.07) is 22.9. The Morgan fingerprint density at radius 1 is 0.689 bits per heavy atom. The molecular weight excluding hydrogens is 572 g/mol. The van der Waals surface area contributed by atoms with Crippen LogP contribution in [0.3, 0.4) is 0 Å². The number of fused-ring (bicyclic) bond motifs is 1. The minimum absolute atomic E-state index is 0.143. The van der Waals surface area contributed by atoms with Gasteiger partial charge in [0.2, 0.25) is 11.8 Å². The molecule has 236 valence electrons. The van der Waals surface area contributed by atoms with Gasteiger partial charge < -0.3 is 30.4 Å². The quantitative estimate of drug-likeness (QED) is 0.177. The molecule has 1 heterocycles. The number of hydrogen-bond donors (Lipinski definition) is 4. The molecule has 4 rings (SSSR count). The largest absolute Gasteiger partial charge is 0.467 e. The molecule has 0 aliphatic rings. The van der Waals surface area contributed by atoms with Crippen molar-refractivity contribution < 1.29 is 28.7 Å². The van der Waals surface area contributed by atoms with E-state index in [1.165, 1.54) is 7.11 Å². The zero-order valence-electron chi connectivity index (χ0n) is 26.0. The highest BCUT2D eigenvalue weighted by atomic mass is 16.6. The first-order chi connectivity index (χ1) is 21.5. The molecule has 0 aliphatic heterocycles. The maximum Gasteiger partial charge on any atom is 0.408 e. The molecule has 0 saturated heterocycles. The number of methoxy groups -OCH3 is 1. The van der Waals surface area contributed by atoms with Crippen molar-refractivity contribution in [2.75, 3.05) is 7.11 Å². The molecule has 4 aromatic rings. The second kappa shape index (κ2) is 15.1. The van der Waals surface area contributed by atoms with Gasteiger partial charge in [0.1, 0.15) is 23.7 Å². The predicted molar refractivity (Wildman–Crippen MR) is 171 cm³/mol. The summed E-state index contributed by atoms with van der Waals surface area (Å²) in [5.74, 6) is -1.77. The van der Waals surface area contributed by atoms with Crippen molar-refractivity contribution in [3.8, 4) is 0 Å². The fraction of sp³-hybridized carbons (Fsp3) is 0.314. The van der Waals surface area contributed by atoms with Crippen molar-refractivity contribution >= 4 is 34.8 Å². The van der Waals surface area contributed by atoms with Gasteiger partial charge in [0, 0.05) is 36.4 Å². The molecule has 10 heteroatoms. The zero-order valence-corrected chi connectivity index (χ0v) is 26.0. The number of alkyl carbamates (subject to hydrolysis) is 1. The number of esters is 1. The van der Waals surface area contributed by atoms with Crippen molar-refractivity contribution in [2.24, 2.45) is 0 Å². The Hall–Kier alpha value is -5.12. The van der Waals surface area contributed by atoms with Gasteiger partial charge in [-0.3, -0.25) is 9.59 Å². The Bertz CT molecular complexity index is 1600. The minimum Gasteiger partial charge on any atom is -0.467 e. The van der Waals surface area contributed by atoms with Crippen LogP contribution in [0.5, 0.6) is 0 Å². The number of ether oxygens (including phenoxy) is 2. The standard InChI is InChI=1S/C35H40N4O6/c1-35(2,3)45-34(43)39-29(20-24-15-9-6-10-16-24)32(41)37-28(19-23-13-7-5-8-14-23)31(40)38-30(33(42)44-4)21-25-22-36-27-18-12-11-17-26(25)27/h5-18,22,28-30,36H,19-21H2,1-4H3,(H,37,41)(H,38,40)(H,39,43)/t28-,29-,30-/m0/s1. The number of carbonyl (C=O) groups excluding carboxylic acids is 4.